The van der Waals surface area contributed by atoms with E-state index in [1.807, 2.05) is 25.1 Å². The number of methoxy groups -OCH3 is 1. The molecule has 0 bridgehead atoms. The van der Waals surface area contributed by atoms with Crippen LogP contribution in [0.2, 0.25) is 0 Å². The first-order chi connectivity index (χ1) is 11.7. The lowest BCUT2D eigenvalue weighted by molar-refractivity contribution is -0.116. The van der Waals surface area contributed by atoms with Gasteiger partial charge in [-0.2, -0.15) is 4.31 Å². The quantitative estimate of drug-likeness (QED) is 0.677. The van der Waals surface area contributed by atoms with Gasteiger partial charge >= 0.3 is 0 Å². The number of sulfonamides is 1. The van der Waals surface area contributed by atoms with E-state index in [4.69, 9.17) is 4.74 Å². The molecule has 1 amide bonds. The summed E-state index contributed by atoms with van der Waals surface area (Å²) >= 11 is 0. The Kier molecular flexibility index (Phi) is 8.34. The second kappa shape index (κ2) is 9.74. The van der Waals surface area contributed by atoms with Crippen molar-refractivity contribution in [3.05, 3.63) is 23.8 Å². The molecule has 25 heavy (non-hydrogen) atoms. The Balaban J connectivity index is 2.82. The van der Waals surface area contributed by atoms with Gasteiger partial charge in [-0.25, -0.2) is 8.42 Å². The number of aryl methyl sites for hydroxylation is 1. The average molecular weight is 372 g/mol. The standard InChI is InChI=1S/C17H29N3O4S/c1-6-19(7-2)15-8-9-16(14(3)12-15)18-17(21)13-20(10-11-24-4)25(5,22)23/h8-9,12H,6-7,10-11,13H2,1-5H3,(H,18,21). The predicted molar refractivity (Wildman–Crippen MR) is 102 cm³/mol. The normalized spacial score (nSPS) is 11.6. The fourth-order valence-electron chi connectivity index (χ4n) is 2.48. The minimum Gasteiger partial charge on any atom is -0.383 e. The minimum atomic E-state index is -3.47. The number of carbonyl (C=O) groups is 1. The van der Waals surface area contributed by atoms with E-state index >= 15 is 0 Å². The van der Waals surface area contributed by atoms with E-state index in [1.165, 1.54) is 7.11 Å². The van der Waals surface area contributed by atoms with Gasteiger partial charge in [0.15, 0.2) is 0 Å². The molecule has 8 heteroatoms. The zero-order valence-corrected chi connectivity index (χ0v) is 16.5. The molecule has 1 aromatic rings. The number of nitrogens with one attached hydrogen (secondary N) is 1. The number of anilines is 2. The van der Waals surface area contributed by atoms with Crippen LogP contribution in [0.4, 0.5) is 11.4 Å². The number of carbonyl (C=O) groups excluding carboxylic acids is 1. The van der Waals surface area contributed by atoms with Gasteiger partial charge in [0.25, 0.3) is 0 Å². The highest BCUT2D eigenvalue weighted by atomic mass is 32.2. The van der Waals surface area contributed by atoms with Gasteiger partial charge < -0.3 is 15.0 Å². The van der Waals surface area contributed by atoms with Gasteiger partial charge in [-0.3, -0.25) is 4.79 Å². The van der Waals surface area contributed by atoms with Crippen LogP contribution in [-0.2, 0) is 19.6 Å². The molecule has 0 aliphatic rings. The third-order valence-electron chi connectivity index (χ3n) is 3.95. The van der Waals surface area contributed by atoms with Crippen molar-refractivity contribution in [3.8, 4) is 0 Å². The Morgan fingerprint density at radius 1 is 1.24 bits per heavy atom. The van der Waals surface area contributed by atoms with E-state index in [9.17, 15) is 13.2 Å². The van der Waals surface area contributed by atoms with E-state index in [1.54, 1.807) is 0 Å². The van der Waals surface area contributed by atoms with Crippen molar-refractivity contribution in [2.24, 2.45) is 0 Å². The van der Waals surface area contributed by atoms with Gasteiger partial charge in [-0.15, -0.1) is 0 Å². The van der Waals surface area contributed by atoms with Gasteiger partial charge in [0.2, 0.25) is 15.9 Å². The molecule has 0 saturated heterocycles. The van der Waals surface area contributed by atoms with Gasteiger partial charge in [0, 0.05) is 38.1 Å². The molecule has 0 atom stereocenters. The minimum absolute atomic E-state index is 0.142. The van der Waals surface area contributed by atoms with Crippen LogP contribution in [0.1, 0.15) is 19.4 Å². The molecule has 0 unspecified atom stereocenters. The summed E-state index contributed by atoms with van der Waals surface area (Å²) in [7, 11) is -1.99. The van der Waals surface area contributed by atoms with Crippen molar-refractivity contribution < 1.29 is 17.9 Å². The lowest BCUT2D eigenvalue weighted by atomic mass is 10.1. The van der Waals surface area contributed by atoms with Crippen LogP contribution in [0.25, 0.3) is 0 Å². The molecule has 0 radical (unpaired) electrons. The van der Waals surface area contributed by atoms with Crippen molar-refractivity contribution in [3.63, 3.8) is 0 Å². The molecule has 0 spiro atoms. The Bertz CT molecular complexity index is 672. The number of amides is 1. The Hall–Kier alpha value is -1.64. The van der Waals surface area contributed by atoms with Crippen molar-refractivity contribution >= 4 is 27.3 Å². The first-order valence-electron chi connectivity index (χ1n) is 8.32. The van der Waals surface area contributed by atoms with Crippen LogP contribution in [0.3, 0.4) is 0 Å². The maximum atomic E-state index is 12.2. The number of ether oxygens (including phenoxy) is 1. The van der Waals surface area contributed by atoms with Gasteiger partial charge in [-0.05, 0) is 44.5 Å². The van der Waals surface area contributed by atoms with E-state index < -0.39 is 10.0 Å². The third kappa shape index (κ3) is 6.64. The Morgan fingerprint density at radius 3 is 2.36 bits per heavy atom. The SMILES string of the molecule is CCN(CC)c1ccc(NC(=O)CN(CCOC)S(C)(=O)=O)c(C)c1. The second-order valence-electron chi connectivity index (χ2n) is 5.81. The number of hydrogen-bond donors (Lipinski definition) is 1. The Labute approximate surface area is 151 Å². The highest BCUT2D eigenvalue weighted by Crippen LogP contribution is 2.22. The largest absolute Gasteiger partial charge is 0.383 e. The lowest BCUT2D eigenvalue weighted by Crippen LogP contribution is -2.39. The molecule has 142 valence electrons. The number of hydrogen-bond acceptors (Lipinski definition) is 5. The van der Waals surface area contributed by atoms with E-state index in [0.29, 0.717) is 5.69 Å². The summed E-state index contributed by atoms with van der Waals surface area (Å²) in [6, 6.07) is 5.82. The van der Waals surface area contributed by atoms with E-state index in [2.05, 4.69) is 24.1 Å². The summed E-state index contributed by atoms with van der Waals surface area (Å²) in [6.45, 7) is 8.05. The Morgan fingerprint density at radius 2 is 1.88 bits per heavy atom. The number of rotatable bonds is 10. The molecule has 0 heterocycles. The van der Waals surface area contributed by atoms with Gasteiger partial charge in [-0.1, -0.05) is 0 Å². The summed E-state index contributed by atoms with van der Waals surface area (Å²) in [4.78, 5) is 14.5. The first kappa shape index (κ1) is 21.4. The van der Waals surface area contributed by atoms with Crippen molar-refractivity contribution in [1.29, 1.82) is 0 Å². The fraction of sp³-hybridized carbons (Fsp3) is 0.588. The molecule has 7 nitrogen and oxygen atoms in total. The zero-order chi connectivity index (χ0) is 19.0. The topological polar surface area (TPSA) is 79.0 Å². The molecular weight excluding hydrogens is 342 g/mol. The van der Waals surface area contributed by atoms with Crippen molar-refractivity contribution in [2.75, 3.05) is 56.4 Å². The van der Waals surface area contributed by atoms with E-state index in [0.717, 1.165) is 34.9 Å². The summed E-state index contributed by atoms with van der Waals surface area (Å²) in [5.41, 5.74) is 2.71. The molecule has 0 fully saturated rings. The van der Waals surface area contributed by atoms with Crippen LogP contribution in [0.15, 0.2) is 18.2 Å². The highest BCUT2D eigenvalue weighted by Gasteiger charge is 2.20. The van der Waals surface area contributed by atoms with E-state index in [-0.39, 0.29) is 25.6 Å². The molecule has 0 aliphatic carbocycles. The van der Waals surface area contributed by atoms with Crippen LogP contribution < -0.4 is 10.2 Å². The monoisotopic (exact) mass is 371 g/mol. The number of nitrogens with zero attached hydrogens (tertiary/aromatic N) is 2. The van der Waals surface area contributed by atoms with Crippen LogP contribution in [0, 0.1) is 6.92 Å². The summed E-state index contributed by atoms with van der Waals surface area (Å²) in [5, 5.41) is 2.79. The summed E-state index contributed by atoms with van der Waals surface area (Å²) in [5.74, 6) is -0.375. The maximum absolute atomic E-state index is 12.2. The molecular formula is C17H29N3O4S. The summed E-state index contributed by atoms with van der Waals surface area (Å²) < 4.78 is 29.5. The molecule has 0 saturated carbocycles. The third-order valence-corrected chi connectivity index (χ3v) is 5.20. The molecule has 1 rings (SSSR count). The molecule has 1 aromatic carbocycles. The smallest absolute Gasteiger partial charge is 0.239 e. The first-order valence-corrected chi connectivity index (χ1v) is 10.2. The summed E-state index contributed by atoms with van der Waals surface area (Å²) in [6.07, 6.45) is 1.08. The predicted octanol–water partition coefficient (Wildman–Crippen LogP) is 1.69. The second-order valence-corrected chi connectivity index (χ2v) is 7.79. The van der Waals surface area contributed by atoms with Crippen molar-refractivity contribution in [1.82, 2.24) is 4.31 Å². The fourth-order valence-corrected chi connectivity index (χ4v) is 3.24. The van der Waals surface area contributed by atoms with Gasteiger partial charge in [0.05, 0.1) is 19.4 Å². The highest BCUT2D eigenvalue weighted by molar-refractivity contribution is 7.88. The van der Waals surface area contributed by atoms with Crippen molar-refractivity contribution in [2.45, 2.75) is 20.8 Å². The van der Waals surface area contributed by atoms with Crippen LogP contribution >= 0.6 is 0 Å². The van der Waals surface area contributed by atoms with Crippen LogP contribution in [-0.4, -0.2) is 64.8 Å². The number of benzene rings is 1. The molecule has 0 aliphatic heterocycles. The maximum Gasteiger partial charge on any atom is 0.239 e. The average Bonchev–Trinajstić information content (AvgIpc) is 2.54. The zero-order valence-electron chi connectivity index (χ0n) is 15.7. The molecule has 1 N–H and O–H groups in total. The molecule has 0 aromatic heterocycles. The van der Waals surface area contributed by atoms with Gasteiger partial charge in [0.1, 0.15) is 0 Å². The van der Waals surface area contributed by atoms with Crippen LogP contribution in [0.5, 0.6) is 0 Å². The lowest BCUT2D eigenvalue weighted by Gasteiger charge is -2.23.